The minimum atomic E-state index is -0.705. The molecule has 98 valence electrons. The fourth-order valence-electron chi connectivity index (χ4n) is 2.11. The summed E-state index contributed by atoms with van der Waals surface area (Å²) in [6.45, 7) is 4.83. The summed E-state index contributed by atoms with van der Waals surface area (Å²) in [7, 11) is 0. The molecule has 4 nitrogen and oxygen atoms in total. The molecule has 0 spiro atoms. The first-order valence-corrected chi connectivity index (χ1v) is 6.44. The van der Waals surface area contributed by atoms with Crippen LogP contribution in [0.25, 0.3) is 0 Å². The average Bonchev–Trinajstić information content (AvgIpc) is 2.28. The van der Waals surface area contributed by atoms with Gasteiger partial charge in [-0.1, -0.05) is 0 Å². The number of benzene rings is 1. The molecule has 0 saturated carbocycles. The minimum absolute atomic E-state index is 0.0615. The van der Waals surface area contributed by atoms with Gasteiger partial charge in [0.05, 0.1) is 15.8 Å². The van der Waals surface area contributed by atoms with Gasteiger partial charge in [-0.25, -0.2) is 4.39 Å². The third-order valence-corrected chi connectivity index (χ3v) is 3.82. The van der Waals surface area contributed by atoms with Crippen LogP contribution in [-0.2, 0) is 4.79 Å². The predicted octanol–water partition coefficient (Wildman–Crippen LogP) is 1.89. The second-order valence-corrected chi connectivity index (χ2v) is 5.65. The molecule has 1 heterocycles. The Kier molecular flexibility index (Phi) is 3.23. The maximum atomic E-state index is 13.4. The number of carbonyl (C=O) groups is 1. The van der Waals surface area contributed by atoms with Crippen molar-refractivity contribution in [3.8, 4) is 0 Å². The number of nitrogens with zero attached hydrogens (tertiary/aromatic N) is 1. The van der Waals surface area contributed by atoms with Crippen LogP contribution in [0.15, 0.2) is 16.6 Å². The molecule has 1 saturated heterocycles. The molecule has 2 rings (SSSR count). The van der Waals surface area contributed by atoms with E-state index in [0.29, 0.717) is 28.9 Å². The Labute approximate surface area is 113 Å². The lowest BCUT2D eigenvalue weighted by Crippen LogP contribution is -2.62. The lowest BCUT2D eigenvalue weighted by molar-refractivity contribution is -0.126. The Morgan fingerprint density at radius 2 is 2.17 bits per heavy atom. The highest BCUT2D eigenvalue weighted by Crippen LogP contribution is 2.34. The number of anilines is 2. The Morgan fingerprint density at radius 1 is 1.50 bits per heavy atom. The van der Waals surface area contributed by atoms with Crippen molar-refractivity contribution < 1.29 is 9.18 Å². The number of nitrogen functional groups attached to an aromatic ring is 1. The van der Waals surface area contributed by atoms with E-state index in [-0.39, 0.29) is 5.91 Å². The van der Waals surface area contributed by atoms with Crippen molar-refractivity contribution in [1.29, 1.82) is 0 Å². The largest absolute Gasteiger partial charge is 0.397 e. The molecule has 0 bridgehead atoms. The first kappa shape index (κ1) is 13.1. The van der Waals surface area contributed by atoms with E-state index in [9.17, 15) is 9.18 Å². The van der Waals surface area contributed by atoms with Crippen molar-refractivity contribution in [3.63, 3.8) is 0 Å². The van der Waals surface area contributed by atoms with Gasteiger partial charge in [0.2, 0.25) is 5.91 Å². The molecule has 0 unspecified atom stereocenters. The highest BCUT2D eigenvalue weighted by atomic mass is 79.9. The number of piperazine rings is 1. The van der Waals surface area contributed by atoms with E-state index in [1.807, 2.05) is 18.7 Å². The highest BCUT2D eigenvalue weighted by molar-refractivity contribution is 9.10. The Bertz CT molecular complexity index is 504. The second kappa shape index (κ2) is 4.42. The van der Waals surface area contributed by atoms with Gasteiger partial charge in [0.15, 0.2) is 0 Å². The summed E-state index contributed by atoms with van der Waals surface area (Å²) >= 11 is 3.14. The van der Waals surface area contributed by atoms with E-state index < -0.39 is 11.4 Å². The fourth-order valence-corrected chi connectivity index (χ4v) is 2.44. The zero-order chi connectivity index (χ0) is 13.5. The molecular formula is C12H15BrFN3O. The third-order valence-electron chi connectivity index (χ3n) is 3.21. The number of nitrogens with one attached hydrogen (secondary N) is 1. The van der Waals surface area contributed by atoms with Crippen molar-refractivity contribution in [2.24, 2.45) is 0 Å². The fraction of sp³-hybridized carbons (Fsp3) is 0.417. The normalized spacial score (nSPS) is 18.7. The molecule has 6 heteroatoms. The summed E-state index contributed by atoms with van der Waals surface area (Å²) in [5.74, 6) is -0.468. The summed E-state index contributed by atoms with van der Waals surface area (Å²) in [6, 6.07) is 2.88. The molecule has 1 fully saturated rings. The number of hydrogen-bond donors (Lipinski definition) is 2. The molecule has 0 radical (unpaired) electrons. The van der Waals surface area contributed by atoms with Crippen LogP contribution in [0.2, 0.25) is 0 Å². The van der Waals surface area contributed by atoms with Crippen molar-refractivity contribution >= 4 is 33.2 Å². The summed E-state index contributed by atoms with van der Waals surface area (Å²) < 4.78 is 13.7. The van der Waals surface area contributed by atoms with Gasteiger partial charge in [-0.3, -0.25) is 4.79 Å². The number of amides is 1. The number of halogens is 2. The Morgan fingerprint density at radius 3 is 2.83 bits per heavy atom. The molecule has 0 aliphatic carbocycles. The maximum absolute atomic E-state index is 13.4. The highest BCUT2D eigenvalue weighted by Gasteiger charge is 2.38. The van der Waals surface area contributed by atoms with E-state index in [1.165, 1.54) is 6.07 Å². The number of carbonyl (C=O) groups excluding carboxylic acids is 1. The smallest absolute Gasteiger partial charge is 0.245 e. The zero-order valence-corrected chi connectivity index (χ0v) is 11.8. The molecule has 3 N–H and O–H groups in total. The first-order chi connectivity index (χ1) is 8.34. The van der Waals surface area contributed by atoms with Crippen LogP contribution in [0.1, 0.15) is 13.8 Å². The van der Waals surface area contributed by atoms with E-state index >= 15 is 0 Å². The van der Waals surface area contributed by atoms with Crippen LogP contribution in [0.4, 0.5) is 15.8 Å². The van der Waals surface area contributed by atoms with Crippen molar-refractivity contribution in [2.75, 3.05) is 23.7 Å². The van der Waals surface area contributed by atoms with Gasteiger partial charge in [0.1, 0.15) is 11.4 Å². The van der Waals surface area contributed by atoms with Gasteiger partial charge in [-0.2, -0.15) is 0 Å². The maximum Gasteiger partial charge on any atom is 0.245 e. The molecule has 0 aromatic heterocycles. The predicted molar refractivity (Wildman–Crippen MR) is 72.9 cm³/mol. The van der Waals surface area contributed by atoms with Crippen LogP contribution in [0.5, 0.6) is 0 Å². The molecule has 18 heavy (non-hydrogen) atoms. The lowest BCUT2D eigenvalue weighted by Gasteiger charge is -2.43. The molecular weight excluding hydrogens is 301 g/mol. The number of hydrogen-bond acceptors (Lipinski definition) is 3. The quantitative estimate of drug-likeness (QED) is 0.778. The SMILES string of the molecule is CC1(C)C(=O)NCCN1c1cc(Br)c(F)cc1N. The van der Waals surface area contributed by atoms with Crippen molar-refractivity contribution in [2.45, 2.75) is 19.4 Å². The Hall–Kier alpha value is -1.30. The van der Waals surface area contributed by atoms with Crippen molar-refractivity contribution in [1.82, 2.24) is 5.32 Å². The van der Waals surface area contributed by atoms with Crippen LogP contribution in [0.3, 0.4) is 0 Å². The van der Waals surface area contributed by atoms with Gasteiger partial charge < -0.3 is 16.0 Å². The molecule has 0 atom stereocenters. The van der Waals surface area contributed by atoms with E-state index in [2.05, 4.69) is 21.2 Å². The van der Waals surface area contributed by atoms with Crippen LogP contribution >= 0.6 is 15.9 Å². The monoisotopic (exact) mass is 315 g/mol. The Balaban J connectivity index is 2.48. The third kappa shape index (κ3) is 2.05. The van der Waals surface area contributed by atoms with Gasteiger partial charge in [0, 0.05) is 19.2 Å². The minimum Gasteiger partial charge on any atom is -0.397 e. The van der Waals surface area contributed by atoms with Gasteiger partial charge in [-0.15, -0.1) is 0 Å². The van der Waals surface area contributed by atoms with Crippen LogP contribution < -0.4 is 16.0 Å². The standard InChI is InChI=1S/C12H15BrFN3O/c1-12(2)11(18)16-3-4-17(12)10-5-7(13)8(14)6-9(10)15/h5-6H,3-4,15H2,1-2H3,(H,16,18). The van der Waals surface area contributed by atoms with E-state index in [0.717, 1.165) is 0 Å². The molecule has 1 aliphatic rings. The average molecular weight is 316 g/mol. The number of nitrogens with two attached hydrogens (primary N) is 1. The lowest BCUT2D eigenvalue weighted by atomic mass is 9.97. The summed E-state index contributed by atoms with van der Waals surface area (Å²) in [4.78, 5) is 13.8. The molecule has 1 amide bonds. The molecule has 1 aromatic rings. The topological polar surface area (TPSA) is 58.4 Å². The first-order valence-electron chi connectivity index (χ1n) is 5.64. The van der Waals surface area contributed by atoms with Gasteiger partial charge in [0.25, 0.3) is 0 Å². The number of rotatable bonds is 1. The summed E-state index contributed by atoms with van der Waals surface area (Å²) in [6.07, 6.45) is 0. The zero-order valence-electron chi connectivity index (χ0n) is 10.3. The van der Waals surface area contributed by atoms with Gasteiger partial charge >= 0.3 is 0 Å². The van der Waals surface area contributed by atoms with E-state index in [4.69, 9.17) is 5.73 Å². The van der Waals surface area contributed by atoms with Crippen molar-refractivity contribution in [3.05, 3.63) is 22.4 Å². The van der Waals surface area contributed by atoms with E-state index in [1.54, 1.807) is 6.07 Å². The molecule has 1 aliphatic heterocycles. The van der Waals surface area contributed by atoms with Gasteiger partial charge in [-0.05, 0) is 35.8 Å². The van der Waals surface area contributed by atoms with Crippen LogP contribution in [-0.4, -0.2) is 24.5 Å². The second-order valence-electron chi connectivity index (χ2n) is 4.79. The summed E-state index contributed by atoms with van der Waals surface area (Å²) in [5.41, 5.74) is 6.15. The molecule has 1 aromatic carbocycles. The summed E-state index contributed by atoms with van der Waals surface area (Å²) in [5, 5.41) is 2.81. The van der Waals surface area contributed by atoms with Crippen LogP contribution in [0, 0.1) is 5.82 Å².